The Hall–Kier alpha value is -0.220. The van der Waals surface area contributed by atoms with E-state index < -0.39 is 11.5 Å². The highest BCUT2D eigenvalue weighted by atomic mass is 32.2. The Morgan fingerprint density at radius 2 is 2.38 bits per heavy atom. The summed E-state index contributed by atoms with van der Waals surface area (Å²) < 4.78 is 0. The van der Waals surface area contributed by atoms with Gasteiger partial charge in [0.2, 0.25) is 0 Å². The number of carbonyl (C=O) groups is 1. The summed E-state index contributed by atoms with van der Waals surface area (Å²) in [5.41, 5.74) is -0.583. The van der Waals surface area contributed by atoms with Crippen molar-refractivity contribution in [3.05, 3.63) is 0 Å². The van der Waals surface area contributed by atoms with Crippen LogP contribution in [0, 0.1) is 0 Å². The van der Waals surface area contributed by atoms with E-state index in [-0.39, 0.29) is 0 Å². The summed E-state index contributed by atoms with van der Waals surface area (Å²) in [6.07, 6.45) is 1.79. The first-order chi connectivity index (χ1) is 6.13. The molecular formula is C9H17NO2S. The zero-order valence-electron chi connectivity index (χ0n) is 8.25. The molecule has 3 nitrogen and oxygen atoms in total. The van der Waals surface area contributed by atoms with Gasteiger partial charge in [-0.1, -0.05) is 6.92 Å². The Bertz CT molecular complexity index is 190. The quantitative estimate of drug-likeness (QED) is 0.747. The van der Waals surface area contributed by atoms with Crippen LogP contribution in [0.15, 0.2) is 0 Å². The van der Waals surface area contributed by atoms with Gasteiger partial charge >= 0.3 is 5.97 Å². The first-order valence-electron chi connectivity index (χ1n) is 4.66. The van der Waals surface area contributed by atoms with Crippen LogP contribution in [-0.2, 0) is 4.79 Å². The van der Waals surface area contributed by atoms with Crippen LogP contribution in [0.1, 0.15) is 19.8 Å². The van der Waals surface area contributed by atoms with Crippen molar-refractivity contribution in [2.45, 2.75) is 25.3 Å². The standard InChI is InChI=1S/C9H17NO2S/c1-3-5-10(2)9(8(11)12)4-6-13-7-9/h3-7H2,1-2H3,(H,11,12). The lowest BCUT2D eigenvalue weighted by molar-refractivity contribution is -0.149. The minimum atomic E-state index is -0.659. The van der Waals surface area contributed by atoms with Crippen molar-refractivity contribution in [2.24, 2.45) is 0 Å². The van der Waals surface area contributed by atoms with Gasteiger partial charge in [-0.2, -0.15) is 11.8 Å². The molecule has 1 unspecified atom stereocenters. The number of likely N-dealkylation sites (N-methyl/N-ethyl adjacent to an activating group) is 1. The fourth-order valence-corrected chi connectivity index (χ4v) is 3.19. The van der Waals surface area contributed by atoms with Crippen molar-refractivity contribution in [3.63, 3.8) is 0 Å². The zero-order chi connectivity index (χ0) is 9.90. The van der Waals surface area contributed by atoms with E-state index in [4.69, 9.17) is 0 Å². The van der Waals surface area contributed by atoms with Crippen molar-refractivity contribution in [2.75, 3.05) is 25.1 Å². The molecule has 4 heteroatoms. The molecule has 1 fully saturated rings. The molecule has 0 aliphatic carbocycles. The van der Waals surface area contributed by atoms with Gasteiger partial charge in [0.15, 0.2) is 0 Å². The summed E-state index contributed by atoms with van der Waals surface area (Å²) in [7, 11) is 1.92. The molecule has 76 valence electrons. The Morgan fingerprint density at radius 3 is 2.77 bits per heavy atom. The highest BCUT2D eigenvalue weighted by molar-refractivity contribution is 7.99. The van der Waals surface area contributed by atoms with E-state index in [9.17, 15) is 9.90 Å². The van der Waals surface area contributed by atoms with E-state index in [1.807, 2.05) is 11.9 Å². The average molecular weight is 203 g/mol. The third-order valence-electron chi connectivity index (χ3n) is 2.69. The van der Waals surface area contributed by atoms with Crippen LogP contribution >= 0.6 is 11.8 Å². The van der Waals surface area contributed by atoms with Crippen LogP contribution < -0.4 is 0 Å². The van der Waals surface area contributed by atoms with Gasteiger partial charge in [-0.25, -0.2) is 0 Å². The maximum Gasteiger partial charge on any atom is 0.325 e. The smallest absolute Gasteiger partial charge is 0.325 e. The van der Waals surface area contributed by atoms with Crippen molar-refractivity contribution in [1.82, 2.24) is 4.90 Å². The van der Waals surface area contributed by atoms with Crippen LogP contribution in [0.25, 0.3) is 0 Å². The molecule has 1 saturated heterocycles. The molecule has 13 heavy (non-hydrogen) atoms. The van der Waals surface area contributed by atoms with Gasteiger partial charge in [0.1, 0.15) is 5.54 Å². The minimum absolute atomic E-state index is 0.583. The predicted octanol–water partition coefficient (Wildman–Crippen LogP) is 1.29. The third-order valence-corrected chi connectivity index (χ3v) is 3.86. The fraction of sp³-hybridized carbons (Fsp3) is 0.889. The Kier molecular flexibility index (Phi) is 3.62. The molecule has 1 rings (SSSR count). The molecule has 1 heterocycles. The number of rotatable bonds is 4. The molecule has 0 radical (unpaired) electrons. The molecule has 0 aromatic carbocycles. The molecule has 1 atom stereocenters. The largest absolute Gasteiger partial charge is 0.480 e. The molecule has 0 bridgehead atoms. The maximum atomic E-state index is 11.2. The summed E-state index contributed by atoms with van der Waals surface area (Å²) in [4.78, 5) is 13.2. The van der Waals surface area contributed by atoms with Crippen molar-refractivity contribution >= 4 is 17.7 Å². The predicted molar refractivity (Wildman–Crippen MR) is 55.2 cm³/mol. The van der Waals surface area contributed by atoms with Gasteiger partial charge in [-0.15, -0.1) is 0 Å². The number of thioether (sulfide) groups is 1. The first-order valence-corrected chi connectivity index (χ1v) is 5.81. The van der Waals surface area contributed by atoms with Crippen molar-refractivity contribution < 1.29 is 9.90 Å². The summed E-state index contributed by atoms with van der Waals surface area (Å²) in [5.74, 6) is 1.05. The second-order valence-corrected chi connectivity index (χ2v) is 4.67. The van der Waals surface area contributed by atoms with Crippen LogP contribution in [0.2, 0.25) is 0 Å². The molecular weight excluding hydrogens is 186 g/mol. The van der Waals surface area contributed by atoms with Gasteiger partial charge < -0.3 is 5.11 Å². The highest BCUT2D eigenvalue weighted by Crippen LogP contribution is 2.32. The maximum absolute atomic E-state index is 11.2. The monoisotopic (exact) mass is 203 g/mol. The zero-order valence-corrected chi connectivity index (χ0v) is 9.06. The van der Waals surface area contributed by atoms with Gasteiger partial charge in [0, 0.05) is 5.75 Å². The molecule has 1 aliphatic heterocycles. The van der Waals surface area contributed by atoms with E-state index in [1.165, 1.54) is 0 Å². The molecule has 0 aromatic heterocycles. The van der Waals surface area contributed by atoms with Crippen molar-refractivity contribution in [3.8, 4) is 0 Å². The Balaban J connectivity index is 2.71. The summed E-state index contributed by atoms with van der Waals surface area (Å²) in [5, 5.41) is 9.21. The number of hydrogen-bond donors (Lipinski definition) is 1. The van der Waals surface area contributed by atoms with Crippen LogP contribution in [-0.4, -0.2) is 46.6 Å². The number of aliphatic carboxylic acids is 1. The first kappa shape index (κ1) is 10.9. The Morgan fingerprint density at radius 1 is 1.69 bits per heavy atom. The normalized spacial score (nSPS) is 28.2. The minimum Gasteiger partial charge on any atom is -0.480 e. The number of carboxylic acids is 1. The average Bonchev–Trinajstić information content (AvgIpc) is 2.53. The van der Waals surface area contributed by atoms with E-state index in [0.29, 0.717) is 0 Å². The number of nitrogens with zero attached hydrogens (tertiary/aromatic N) is 1. The number of carboxylic acid groups (broad SMARTS) is 1. The summed E-state index contributed by atoms with van der Waals surface area (Å²) >= 11 is 1.74. The lowest BCUT2D eigenvalue weighted by Gasteiger charge is -2.33. The summed E-state index contributed by atoms with van der Waals surface area (Å²) in [6.45, 7) is 2.95. The second kappa shape index (κ2) is 4.33. The molecule has 0 amide bonds. The van der Waals surface area contributed by atoms with Crippen LogP contribution in [0.5, 0.6) is 0 Å². The van der Waals surface area contributed by atoms with E-state index in [0.717, 1.165) is 30.9 Å². The Labute approximate surface area is 83.5 Å². The van der Waals surface area contributed by atoms with E-state index in [1.54, 1.807) is 11.8 Å². The van der Waals surface area contributed by atoms with Crippen molar-refractivity contribution in [1.29, 1.82) is 0 Å². The SMILES string of the molecule is CCCN(C)C1(C(=O)O)CCSC1. The lowest BCUT2D eigenvalue weighted by atomic mass is 9.97. The van der Waals surface area contributed by atoms with Gasteiger partial charge in [-0.3, -0.25) is 9.69 Å². The summed E-state index contributed by atoms with van der Waals surface area (Å²) in [6, 6.07) is 0. The van der Waals surface area contributed by atoms with E-state index in [2.05, 4.69) is 6.92 Å². The third kappa shape index (κ3) is 1.99. The second-order valence-electron chi connectivity index (χ2n) is 3.56. The van der Waals surface area contributed by atoms with E-state index >= 15 is 0 Å². The van der Waals surface area contributed by atoms with Gasteiger partial charge in [0.05, 0.1) is 0 Å². The fourth-order valence-electron chi connectivity index (χ4n) is 1.74. The lowest BCUT2D eigenvalue weighted by Crippen LogP contribution is -2.53. The number of hydrogen-bond acceptors (Lipinski definition) is 3. The molecule has 0 aromatic rings. The van der Waals surface area contributed by atoms with Crippen LogP contribution in [0.3, 0.4) is 0 Å². The molecule has 1 aliphatic rings. The molecule has 1 N–H and O–H groups in total. The topological polar surface area (TPSA) is 40.5 Å². The molecule has 0 spiro atoms. The van der Waals surface area contributed by atoms with Crippen LogP contribution in [0.4, 0.5) is 0 Å². The molecule has 0 saturated carbocycles. The highest BCUT2D eigenvalue weighted by Gasteiger charge is 2.44. The van der Waals surface area contributed by atoms with Gasteiger partial charge in [-0.05, 0) is 32.2 Å². The van der Waals surface area contributed by atoms with Gasteiger partial charge in [0.25, 0.3) is 0 Å².